The summed E-state index contributed by atoms with van der Waals surface area (Å²) in [6.07, 6.45) is 0.389. The maximum atomic E-state index is 12.2. The molecule has 0 saturated carbocycles. The molecular weight excluding hydrogens is 406 g/mol. The Morgan fingerprint density at radius 3 is 2.23 bits per heavy atom. The maximum absolute atomic E-state index is 12.2. The first-order chi connectivity index (χ1) is 15.0. The molecule has 5 nitrogen and oxygen atoms in total. The zero-order valence-electron chi connectivity index (χ0n) is 17.6. The number of amides is 2. The van der Waals surface area contributed by atoms with Crippen molar-refractivity contribution in [3.8, 4) is 0 Å². The second-order valence-electron chi connectivity index (χ2n) is 7.04. The van der Waals surface area contributed by atoms with Gasteiger partial charge in [0.2, 0.25) is 5.91 Å². The summed E-state index contributed by atoms with van der Waals surface area (Å²) in [5.74, 6) is 0.416. The first-order valence-electron chi connectivity index (χ1n) is 10.0. The minimum absolute atomic E-state index is 0.120. The molecule has 0 aromatic heterocycles. The number of thioether (sulfide) groups is 1. The van der Waals surface area contributed by atoms with Gasteiger partial charge in [-0.1, -0.05) is 48.0 Å². The number of anilines is 1. The van der Waals surface area contributed by atoms with Gasteiger partial charge >= 0.3 is 0 Å². The Hall–Kier alpha value is -3.38. The van der Waals surface area contributed by atoms with E-state index >= 15 is 0 Å². The third-order valence-corrected chi connectivity index (χ3v) is 5.58. The summed E-state index contributed by atoms with van der Waals surface area (Å²) in [7, 11) is 0. The fourth-order valence-corrected chi connectivity index (χ4v) is 3.60. The van der Waals surface area contributed by atoms with Crippen LogP contribution in [0.2, 0.25) is 0 Å². The third-order valence-electron chi connectivity index (χ3n) is 4.56. The molecule has 6 heteroatoms. The molecule has 2 amide bonds. The van der Waals surface area contributed by atoms with Crippen LogP contribution in [0, 0.1) is 6.92 Å². The second-order valence-corrected chi connectivity index (χ2v) is 8.21. The van der Waals surface area contributed by atoms with E-state index in [1.54, 1.807) is 23.9 Å². The molecule has 3 rings (SSSR count). The predicted octanol–water partition coefficient (Wildman–Crippen LogP) is 5.27. The molecule has 0 aliphatic heterocycles. The molecule has 0 fully saturated rings. The fourth-order valence-electron chi connectivity index (χ4n) is 2.75. The average Bonchev–Trinajstić information content (AvgIpc) is 2.80. The lowest BCUT2D eigenvalue weighted by Gasteiger charge is -2.07. The molecule has 0 heterocycles. The van der Waals surface area contributed by atoms with Gasteiger partial charge < -0.3 is 5.32 Å². The molecule has 3 aromatic carbocycles. The van der Waals surface area contributed by atoms with E-state index in [1.165, 1.54) is 5.56 Å². The van der Waals surface area contributed by atoms with Gasteiger partial charge in [-0.3, -0.25) is 9.59 Å². The van der Waals surface area contributed by atoms with Gasteiger partial charge in [-0.05, 0) is 55.8 Å². The first-order valence-corrected chi connectivity index (χ1v) is 11.0. The van der Waals surface area contributed by atoms with Gasteiger partial charge in [0.05, 0.1) is 5.71 Å². The number of rotatable bonds is 8. The third kappa shape index (κ3) is 7.12. The van der Waals surface area contributed by atoms with E-state index < -0.39 is 0 Å². The highest BCUT2D eigenvalue weighted by Crippen LogP contribution is 2.19. The van der Waals surface area contributed by atoms with E-state index in [1.807, 2.05) is 49.4 Å². The number of hydrogen-bond donors (Lipinski definition) is 2. The largest absolute Gasteiger partial charge is 0.322 e. The van der Waals surface area contributed by atoms with Gasteiger partial charge in [0, 0.05) is 28.3 Å². The average molecular weight is 432 g/mol. The molecule has 158 valence electrons. The Morgan fingerprint density at radius 2 is 1.55 bits per heavy atom. The normalized spacial score (nSPS) is 11.1. The van der Waals surface area contributed by atoms with Gasteiger partial charge in [0.1, 0.15) is 0 Å². The zero-order valence-corrected chi connectivity index (χ0v) is 18.4. The maximum Gasteiger partial charge on any atom is 0.255 e. The number of aryl methyl sites for hydroxylation is 1. The van der Waals surface area contributed by atoms with Crippen molar-refractivity contribution in [2.75, 3.05) is 11.1 Å². The van der Waals surface area contributed by atoms with Crippen LogP contribution in [-0.4, -0.2) is 23.3 Å². The summed E-state index contributed by atoms with van der Waals surface area (Å²) in [5, 5.41) is 7.05. The van der Waals surface area contributed by atoms with Crippen LogP contribution in [0.1, 0.15) is 34.8 Å². The van der Waals surface area contributed by atoms with E-state index in [-0.39, 0.29) is 11.8 Å². The molecule has 0 bridgehead atoms. The summed E-state index contributed by atoms with van der Waals surface area (Å²) < 4.78 is 0. The van der Waals surface area contributed by atoms with Gasteiger partial charge in [0.25, 0.3) is 5.91 Å². The van der Waals surface area contributed by atoms with E-state index in [2.05, 4.69) is 47.0 Å². The van der Waals surface area contributed by atoms with Crippen LogP contribution < -0.4 is 10.7 Å². The van der Waals surface area contributed by atoms with Crippen LogP contribution in [0.5, 0.6) is 0 Å². The van der Waals surface area contributed by atoms with E-state index in [9.17, 15) is 9.59 Å². The van der Waals surface area contributed by atoms with Gasteiger partial charge in [-0.2, -0.15) is 5.10 Å². The molecule has 0 atom stereocenters. The molecule has 0 saturated heterocycles. The Balaban J connectivity index is 1.46. The van der Waals surface area contributed by atoms with Gasteiger partial charge in [-0.15, -0.1) is 11.8 Å². The molecule has 0 aliphatic carbocycles. The lowest BCUT2D eigenvalue weighted by molar-refractivity contribution is -0.120. The summed E-state index contributed by atoms with van der Waals surface area (Å²) in [6.45, 7) is 3.88. The van der Waals surface area contributed by atoms with Crippen LogP contribution >= 0.6 is 11.8 Å². The van der Waals surface area contributed by atoms with Crippen molar-refractivity contribution in [2.24, 2.45) is 5.10 Å². The Morgan fingerprint density at radius 1 is 0.871 bits per heavy atom. The fraction of sp³-hybridized carbons (Fsp3) is 0.160. The second kappa shape index (κ2) is 11.1. The lowest BCUT2D eigenvalue weighted by atomic mass is 10.1. The van der Waals surface area contributed by atoms with Crippen LogP contribution in [0.25, 0.3) is 0 Å². The van der Waals surface area contributed by atoms with Crippen molar-refractivity contribution >= 4 is 35.0 Å². The van der Waals surface area contributed by atoms with Crippen molar-refractivity contribution in [1.82, 2.24) is 5.43 Å². The first kappa shape index (κ1) is 22.3. The predicted molar refractivity (Wildman–Crippen MR) is 128 cm³/mol. The number of carbonyl (C=O) groups is 2. The van der Waals surface area contributed by atoms with Crippen LogP contribution in [0.3, 0.4) is 0 Å². The summed E-state index contributed by atoms with van der Waals surface area (Å²) >= 11 is 1.65. The smallest absolute Gasteiger partial charge is 0.255 e. The minimum Gasteiger partial charge on any atom is -0.322 e. The van der Waals surface area contributed by atoms with Crippen LogP contribution in [0.4, 0.5) is 5.69 Å². The van der Waals surface area contributed by atoms with E-state index in [4.69, 9.17) is 0 Å². The molecule has 2 N–H and O–H groups in total. The molecule has 31 heavy (non-hydrogen) atoms. The van der Waals surface area contributed by atoms with Gasteiger partial charge in [0.15, 0.2) is 0 Å². The Labute approximate surface area is 187 Å². The Bertz CT molecular complexity index is 1050. The number of nitrogens with one attached hydrogen (secondary N) is 2. The topological polar surface area (TPSA) is 70.6 Å². The van der Waals surface area contributed by atoms with Crippen molar-refractivity contribution in [3.63, 3.8) is 0 Å². The molecule has 0 radical (unpaired) electrons. The highest BCUT2D eigenvalue weighted by molar-refractivity contribution is 7.99. The number of nitrogens with zero attached hydrogens (tertiary/aromatic N) is 1. The highest BCUT2D eigenvalue weighted by atomic mass is 32.2. The van der Waals surface area contributed by atoms with Crippen molar-refractivity contribution < 1.29 is 9.59 Å². The number of carbonyl (C=O) groups excluding carboxylic acids is 2. The Kier molecular flexibility index (Phi) is 8.01. The standard InChI is InChI=1S/C25H25N3O2S/c1-18-8-14-23(15-9-18)31-17-16-24(29)28-27-19(2)20-10-12-22(13-11-20)26-25(30)21-6-4-3-5-7-21/h3-15H,16-17H2,1-2H3,(H,26,30)(H,28,29)/b27-19-. The highest BCUT2D eigenvalue weighted by Gasteiger charge is 2.06. The summed E-state index contributed by atoms with van der Waals surface area (Å²) in [4.78, 5) is 25.4. The minimum atomic E-state index is -0.158. The number of hydrazone groups is 1. The number of hydrogen-bond acceptors (Lipinski definition) is 4. The van der Waals surface area contributed by atoms with Crippen LogP contribution in [-0.2, 0) is 4.79 Å². The number of benzene rings is 3. The van der Waals surface area contributed by atoms with E-state index in [0.717, 1.165) is 10.5 Å². The molecule has 3 aromatic rings. The van der Waals surface area contributed by atoms with E-state index in [0.29, 0.717) is 29.1 Å². The molecule has 0 spiro atoms. The van der Waals surface area contributed by atoms with Crippen molar-refractivity contribution in [1.29, 1.82) is 0 Å². The quantitative estimate of drug-likeness (QED) is 0.290. The van der Waals surface area contributed by atoms with Gasteiger partial charge in [-0.25, -0.2) is 5.43 Å². The van der Waals surface area contributed by atoms with Crippen molar-refractivity contribution in [2.45, 2.75) is 25.2 Å². The molecule has 0 aliphatic rings. The zero-order chi connectivity index (χ0) is 22.1. The summed E-state index contributed by atoms with van der Waals surface area (Å²) in [6, 6.07) is 24.7. The molecular formula is C25H25N3O2S. The van der Waals surface area contributed by atoms with Crippen LogP contribution in [0.15, 0.2) is 88.9 Å². The SMILES string of the molecule is C/C(=N/NC(=O)CCSc1ccc(C)cc1)c1ccc(NC(=O)c2ccccc2)cc1. The monoisotopic (exact) mass is 431 g/mol. The van der Waals surface area contributed by atoms with Crippen molar-refractivity contribution in [3.05, 3.63) is 95.6 Å². The molecule has 0 unspecified atom stereocenters. The summed E-state index contributed by atoms with van der Waals surface area (Å²) in [5.41, 5.74) is 6.69. The lowest BCUT2D eigenvalue weighted by Crippen LogP contribution is -2.19.